The summed E-state index contributed by atoms with van der Waals surface area (Å²) in [4.78, 5) is 0. The summed E-state index contributed by atoms with van der Waals surface area (Å²) in [7, 11) is 1.70. The summed E-state index contributed by atoms with van der Waals surface area (Å²) >= 11 is 0. The maximum Gasteiger partial charge on any atom is 0.0829 e. The van der Waals surface area contributed by atoms with Gasteiger partial charge in [-0.2, -0.15) is 0 Å². The lowest BCUT2D eigenvalue weighted by Crippen LogP contribution is -2.10. The maximum atomic E-state index is 6.02. The molecule has 0 heterocycles. The number of hydrogen-bond donors (Lipinski definition) is 0. The first-order chi connectivity index (χ1) is 11.3. The molecule has 0 aromatic heterocycles. The summed E-state index contributed by atoms with van der Waals surface area (Å²) < 4.78 is 11.1. The van der Waals surface area contributed by atoms with Crippen LogP contribution in [0.25, 0.3) is 0 Å². The highest BCUT2D eigenvalue weighted by atomic mass is 16.5. The molecule has 0 aliphatic rings. The summed E-state index contributed by atoms with van der Waals surface area (Å²) in [6, 6.07) is 19.1. The number of methoxy groups -OCH3 is 1. The number of aryl methyl sites for hydroxylation is 2. The lowest BCUT2D eigenvalue weighted by molar-refractivity contribution is 0.0122. The second-order valence-electron chi connectivity index (χ2n) is 5.29. The van der Waals surface area contributed by atoms with Crippen molar-refractivity contribution in [1.29, 1.82) is 0 Å². The van der Waals surface area contributed by atoms with E-state index in [1.54, 1.807) is 7.11 Å². The van der Waals surface area contributed by atoms with Crippen molar-refractivity contribution in [3.05, 3.63) is 71.3 Å². The Morgan fingerprint density at radius 2 is 1.65 bits per heavy atom. The molecule has 2 heteroatoms. The summed E-state index contributed by atoms with van der Waals surface area (Å²) in [5.41, 5.74) is 3.88. The molecular weight excluding hydrogens is 284 g/mol. The van der Waals surface area contributed by atoms with Crippen molar-refractivity contribution in [3.63, 3.8) is 0 Å². The van der Waals surface area contributed by atoms with Crippen molar-refractivity contribution < 1.29 is 9.47 Å². The number of hydrogen-bond acceptors (Lipinski definition) is 2. The van der Waals surface area contributed by atoms with E-state index in [4.69, 9.17) is 9.47 Å². The molecule has 23 heavy (non-hydrogen) atoms. The van der Waals surface area contributed by atoms with Gasteiger partial charge >= 0.3 is 0 Å². The third-order valence-corrected chi connectivity index (χ3v) is 3.56. The molecule has 0 fully saturated rings. The largest absolute Gasteiger partial charge is 0.382 e. The summed E-state index contributed by atoms with van der Waals surface area (Å²) in [6.07, 6.45) is 2.13. The minimum Gasteiger partial charge on any atom is -0.382 e. The van der Waals surface area contributed by atoms with Crippen molar-refractivity contribution in [1.82, 2.24) is 0 Å². The Hall–Kier alpha value is -1.64. The predicted octanol–water partition coefficient (Wildman–Crippen LogP) is 5.36. The molecule has 0 saturated carbocycles. The zero-order valence-electron chi connectivity index (χ0n) is 14.9. The van der Waals surface area contributed by atoms with E-state index in [0.717, 1.165) is 12.8 Å². The van der Waals surface area contributed by atoms with Gasteiger partial charge in [-0.1, -0.05) is 74.0 Å². The molecule has 0 spiro atoms. The predicted molar refractivity (Wildman–Crippen MR) is 97.9 cm³/mol. The van der Waals surface area contributed by atoms with Crippen LogP contribution >= 0.6 is 0 Å². The molecule has 0 radical (unpaired) electrons. The lowest BCUT2D eigenvalue weighted by atomic mass is 10.00. The van der Waals surface area contributed by atoms with Gasteiger partial charge in [-0.3, -0.25) is 0 Å². The van der Waals surface area contributed by atoms with Crippen LogP contribution < -0.4 is 0 Å². The third-order valence-electron chi connectivity index (χ3n) is 3.56. The van der Waals surface area contributed by atoms with Crippen LogP contribution in [0.2, 0.25) is 0 Å². The van der Waals surface area contributed by atoms with E-state index in [9.17, 15) is 0 Å². The number of ether oxygens (including phenoxy) is 2. The fraction of sp³-hybridized carbons (Fsp3) is 0.429. The fourth-order valence-electron chi connectivity index (χ4n) is 2.43. The molecule has 0 aliphatic carbocycles. The van der Waals surface area contributed by atoms with Gasteiger partial charge in [0.05, 0.1) is 19.3 Å². The lowest BCUT2D eigenvalue weighted by Gasteiger charge is -2.19. The van der Waals surface area contributed by atoms with Gasteiger partial charge in [0.15, 0.2) is 0 Å². The van der Waals surface area contributed by atoms with Crippen LogP contribution in [0.4, 0.5) is 0 Å². The Morgan fingerprint density at radius 1 is 0.913 bits per heavy atom. The van der Waals surface area contributed by atoms with Crippen molar-refractivity contribution in [2.75, 3.05) is 20.3 Å². The van der Waals surface area contributed by atoms with E-state index in [1.165, 1.54) is 16.7 Å². The molecule has 0 aliphatic heterocycles. The Labute approximate surface area is 141 Å². The van der Waals surface area contributed by atoms with Crippen molar-refractivity contribution in [3.8, 4) is 0 Å². The zero-order valence-corrected chi connectivity index (χ0v) is 14.9. The number of benzene rings is 2. The molecule has 0 amide bonds. The molecule has 126 valence electrons. The van der Waals surface area contributed by atoms with E-state index in [1.807, 2.05) is 13.8 Å². The average molecular weight is 314 g/mol. The van der Waals surface area contributed by atoms with Crippen LogP contribution in [-0.4, -0.2) is 20.3 Å². The van der Waals surface area contributed by atoms with Gasteiger partial charge in [-0.05, 0) is 30.9 Å². The molecule has 1 atom stereocenters. The second-order valence-corrected chi connectivity index (χ2v) is 5.29. The first-order valence-corrected chi connectivity index (χ1v) is 8.50. The Morgan fingerprint density at radius 3 is 2.30 bits per heavy atom. The fourth-order valence-corrected chi connectivity index (χ4v) is 2.43. The molecule has 2 rings (SSSR count). The van der Waals surface area contributed by atoms with Crippen LogP contribution in [0, 0.1) is 6.92 Å². The molecule has 2 aromatic rings. The molecule has 0 bridgehead atoms. The van der Waals surface area contributed by atoms with E-state index < -0.39 is 0 Å². The molecular formula is C21H30O2. The quantitative estimate of drug-likeness (QED) is 0.611. The van der Waals surface area contributed by atoms with Crippen LogP contribution in [0.15, 0.2) is 54.6 Å². The van der Waals surface area contributed by atoms with E-state index >= 15 is 0 Å². The summed E-state index contributed by atoms with van der Waals surface area (Å²) in [6.45, 7) is 7.38. The Balaban J connectivity index is 0.00000127. The van der Waals surface area contributed by atoms with Crippen molar-refractivity contribution in [2.45, 2.75) is 39.7 Å². The van der Waals surface area contributed by atoms with E-state index in [2.05, 4.69) is 61.5 Å². The van der Waals surface area contributed by atoms with Crippen LogP contribution in [-0.2, 0) is 15.9 Å². The summed E-state index contributed by atoms with van der Waals surface area (Å²) in [5.74, 6) is 0. The minimum absolute atomic E-state index is 0.125. The van der Waals surface area contributed by atoms with Gasteiger partial charge < -0.3 is 9.47 Å². The highest BCUT2D eigenvalue weighted by molar-refractivity contribution is 5.24. The Bertz CT molecular complexity index is 522. The highest BCUT2D eigenvalue weighted by Gasteiger charge is 2.12. The van der Waals surface area contributed by atoms with Gasteiger partial charge in [-0.25, -0.2) is 0 Å². The van der Waals surface area contributed by atoms with Gasteiger partial charge in [0.1, 0.15) is 0 Å². The monoisotopic (exact) mass is 314 g/mol. The van der Waals surface area contributed by atoms with Crippen LogP contribution in [0.3, 0.4) is 0 Å². The second kappa shape index (κ2) is 11.9. The van der Waals surface area contributed by atoms with Gasteiger partial charge in [-0.15, -0.1) is 0 Å². The first kappa shape index (κ1) is 19.4. The van der Waals surface area contributed by atoms with Crippen molar-refractivity contribution in [2.24, 2.45) is 0 Å². The maximum absolute atomic E-state index is 6.02. The summed E-state index contributed by atoms with van der Waals surface area (Å²) in [5, 5.41) is 0. The molecule has 2 aromatic carbocycles. The number of rotatable bonds is 8. The topological polar surface area (TPSA) is 18.5 Å². The minimum atomic E-state index is 0.125. The SMILES string of the molecule is CC.COCCOC(CCc1ccccc1)c1cccc(C)c1. The molecule has 2 nitrogen and oxygen atoms in total. The standard InChI is InChI=1S/C19H24O2.C2H6/c1-16-7-6-10-18(15-16)19(21-14-13-20-2)12-11-17-8-4-3-5-9-17;1-2/h3-10,15,19H,11-14H2,1-2H3;1-2H3. The molecule has 1 unspecified atom stereocenters. The first-order valence-electron chi connectivity index (χ1n) is 8.50. The van der Waals surface area contributed by atoms with Gasteiger partial charge in [0.2, 0.25) is 0 Å². The van der Waals surface area contributed by atoms with Gasteiger partial charge in [0, 0.05) is 7.11 Å². The average Bonchev–Trinajstić information content (AvgIpc) is 2.60. The normalized spacial score (nSPS) is 11.5. The van der Waals surface area contributed by atoms with Gasteiger partial charge in [0.25, 0.3) is 0 Å². The highest BCUT2D eigenvalue weighted by Crippen LogP contribution is 2.24. The third kappa shape index (κ3) is 7.45. The zero-order chi connectivity index (χ0) is 16.9. The Kier molecular flexibility index (Phi) is 10.0. The molecule has 0 saturated heterocycles. The smallest absolute Gasteiger partial charge is 0.0829 e. The van der Waals surface area contributed by atoms with Crippen molar-refractivity contribution >= 4 is 0 Å². The van der Waals surface area contributed by atoms with E-state index in [0.29, 0.717) is 13.2 Å². The van der Waals surface area contributed by atoms with Crippen LogP contribution in [0.1, 0.15) is 43.1 Å². The van der Waals surface area contributed by atoms with E-state index in [-0.39, 0.29) is 6.10 Å². The molecule has 0 N–H and O–H groups in total. The van der Waals surface area contributed by atoms with Crippen LogP contribution in [0.5, 0.6) is 0 Å².